The highest BCUT2D eigenvalue weighted by Crippen LogP contribution is 2.26. The van der Waals surface area contributed by atoms with Crippen molar-refractivity contribution in [3.05, 3.63) is 95.8 Å². The molecule has 4 aromatic rings. The summed E-state index contributed by atoms with van der Waals surface area (Å²) in [5.74, 6) is 1.19. The van der Waals surface area contributed by atoms with Gasteiger partial charge in [0.1, 0.15) is 0 Å². The van der Waals surface area contributed by atoms with Gasteiger partial charge in [-0.2, -0.15) is 4.68 Å². The molecule has 0 aliphatic rings. The molecule has 0 fully saturated rings. The average Bonchev–Trinajstić information content (AvgIpc) is 3.35. The zero-order chi connectivity index (χ0) is 23.8. The molecule has 7 nitrogen and oxygen atoms in total. The normalized spacial score (nSPS) is 10.8. The summed E-state index contributed by atoms with van der Waals surface area (Å²) in [6.07, 6.45) is 0. The largest absolute Gasteiger partial charge is 0.370 e. The number of aryl methyl sites for hydroxylation is 1. The monoisotopic (exact) mass is 472 g/mol. The number of anilines is 1. The van der Waals surface area contributed by atoms with E-state index in [2.05, 4.69) is 63.9 Å². The molecule has 0 bridgehead atoms. The Labute approximate surface area is 204 Å². The molecular formula is C26H28N6OS. The number of aromatic nitrogens is 4. The molecule has 34 heavy (non-hydrogen) atoms. The van der Waals surface area contributed by atoms with Crippen molar-refractivity contribution in [3.63, 3.8) is 0 Å². The Morgan fingerprint density at radius 1 is 1.03 bits per heavy atom. The summed E-state index contributed by atoms with van der Waals surface area (Å²) in [5.41, 5.74) is 3.96. The Kier molecular flexibility index (Phi) is 7.93. The van der Waals surface area contributed by atoms with Crippen LogP contribution in [0.2, 0.25) is 0 Å². The summed E-state index contributed by atoms with van der Waals surface area (Å²) >= 11 is 1.55. The van der Waals surface area contributed by atoms with Crippen molar-refractivity contribution >= 4 is 23.4 Å². The minimum Gasteiger partial charge on any atom is -0.370 e. The fraction of sp³-hybridized carbons (Fsp3) is 0.231. The number of amides is 1. The van der Waals surface area contributed by atoms with Gasteiger partial charge in [-0.1, -0.05) is 42.5 Å². The van der Waals surface area contributed by atoms with Gasteiger partial charge in [-0.05, 0) is 66.2 Å². The zero-order valence-corrected chi connectivity index (χ0v) is 20.2. The summed E-state index contributed by atoms with van der Waals surface area (Å²) in [6.45, 7) is 6.39. The number of carbonyl (C=O) groups is 1. The maximum atomic E-state index is 13.0. The summed E-state index contributed by atoms with van der Waals surface area (Å²) in [6, 6.07) is 25.8. The molecule has 0 saturated heterocycles. The van der Waals surface area contributed by atoms with Crippen LogP contribution in [0.1, 0.15) is 28.7 Å². The van der Waals surface area contributed by atoms with E-state index in [9.17, 15) is 4.79 Å². The van der Waals surface area contributed by atoms with Gasteiger partial charge in [-0.3, -0.25) is 4.79 Å². The van der Waals surface area contributed by atoms with Gasteiger partial charge in [-0.25, -0.2) is 0 Å². The molecule has 0 aliphatic carbocycles. The lowest BCUT2D eigenvalue weighted by molar-refractivity contribution is 0.0951. The van der Waals surface area contributed by atoms with E-state index in [1.807, 2.05) is 54.6 Å². The Morgan fingerprint density at radius 3 is 2.62 bits per heavy atom. The van der Waals surface area contributed by atoms with Gasteiger partial charge in [-0.15, -0.1) is 16.9 Å². The number of rotatable bonds is 10. The van der Waals surface area contributed by atoms with Gasteiger partial charge in [0.15, 0.2) is 5.82 Å². The van der Waals surface area contributed by atoms with Crippen molar-refractivity contribution in [2.45, 2.75) is 24.5 Å². The van der Waals surface area contributed by atoms with E-state index in [4.69, 9.17) is 0 Å². The minimum atomic E-state index is -0.0777. The quantitative estimate of drug-likeness (QED) is 0.342. The molecule has 1 aromatic heterocycles. The van der Waals surface area contributed by atoms with E-state index in [1.165, 1.54) is 11.3 Å². The first-order chi connectivity index (χ1) is 16.7. The van der Waals surface area contributed by atoms with Crippen LogP contribution in [-0.2, 0) is 5.75 Å². The Bertz CT molecular complexity index is 1230. The smallest absolute Gasteiger partial charge is 0.252 e. The molecule has 0 radical (unpaired) electrons. The number of thioether (sulfide) groups is 1. The van der Waals surface area contributed by atoms with Gasteiger partial charge >= 0.3 is 0 Å². The number of nitrogens with one attached hydrogen (secondary N) is 1. The minimum absolute atomic E-state index is 0.0777. The molecule has 1 N–H and O–H groups in total. The summed E-state index contributed by atoms with van der Waals surface area (Å²) < 4.78 is 1.72. The van der Waals surface area contributed by atoms with Gasteiger partial charge in [0.25, 0.3) is 5.91 Å². The summed E-state index contributed by atoms with van der Waals surface area (Å²) in [4.78, 5) is 16.1. The fourth-order valence-electron chi connectivity index (χ4n) is 3.68. The van der Waals surface area contributed by atoms with Crippen molar-refractivity contribution in [3.8, 4) is 5.69 Å². The van der Waals surface area contributed by atoms with Crippen LogP contribution in [0.4, 0.5) is 5.69 Å². The number of carbonyl (C=O) groups excluding carboxylic acids is 1. The van der Waals surface area contributed by atoms with Crippen molar-refractivity contribution in [1.29, 1.82) is 0 Å². The molecule has 8 heteroatoms. The van der Waals surface area contributed by atoms with Crippen molar-refractivity contribution in [2.24, 2.45) is 0 Å². The Hall–Kier alpha value is -3.65. The first-order valence-corrected chi connectivity index (χ1v) is 12.3. The molecule has 4 rings (SSSR count). The van der Waals surface area contributed by atoms with Gasteiger partial charge in [0.2, 0.25) is 0 Å². The van der Waals surface area contributed by atoms with E-state index in [1.54, 1.807) is 16.4 Å². The predicted octanol–water partition coefficient (Wildman–Crippen LogP) is 4.52. The zero-order valence-electron chi connectivity index (χ0n) is 19.4. The number of hydrogen-bond acceptors (Lipinski definition) is 6. The molecule has 0 spiro atoms. The number of hydrogen-bond donors (Lipinski definition) is 1. The SMILES string of the molecule is CCN(CCNC(=O)c1ccccc1SCc1nnnn1-c1ccccc1)c1cccc(C)c1. The molecule has 3 aromatic carbocycles. The van der Waals surface area contributed by atoms with Crippen LogP contribution < -0.4 is 10.2 Å². The van der Waals surface area contributed by atoms with Crippen LogP contribution in [0.25, 0.3) is 5.69 Å². The van der Waals surface area contributed by atoms with Crippen molar-refractivity contribution in [2.75, 3.05) is 24.5 Å². The Balaban J connectivity index is 1.38. The Morgan fingerprint density at radius 2 is 1.82 bits per heavy atom. The molecule has 0 unspecified atom stereocenters. The van der Waals surface area contributed by atoms with Gasteiger partial charge < -0.3 is 10.2 Å². The van der Waals surface area contributed by atoms with Crippen LogP contribution in [0.15, 0.2) is 83.8 Å². The van der Waals surface area contributed by atoms with E-state index < -0.39 is 0 Å². The van der Waals surface area contributed by atoms with Crippen LogP contribution in [0, 0.1) is 6.92 Å². The summed E-state index contributed by atoms with van der Waals surface area (Å²) in [7, 11) is 0. The van der Waals surface area contributed by atoms with E-state index in [0.29, 0.717) is 17.9 Å². The third-order valence-corrected chi connectivity index (χ3v) is 6.51. The molecule has 0 aliphatic heterocycles. The maximum absolute atomic E-state index is 13.0. The van der Waals surface area contributed by atoms with Crippen LogP contribution >= 0.6 is 11.8 Å². The lowest BCUT2D eigenvalue weighted by Gasteiger charge is -2.23. The maximum Gasteiger partial charge on any atom is 0.252 e. The molecule has 0 atom stereocenters. The lowest BCUT2D eigenvalue weighted by Crippen LogP contribution is -2.35. The highest BCUT2D eigenvalue weighted by molar-refractivity contribution is 7.98. The highest BCUT2D eigenvalue weighted by Gasteiger charge is 2.14. The van der Waals surface area contributed by atoms with E-state index in [0.717, 1.165) is 29.5 Å². The molecular weight excluding hydrogens is 444 g/mol. The number of nitrogens with zero attached hydrogens (tertiary/aromatic N) is 5. The molecule has 1 amide bonds. The third kappa shape index (κ3) is 5.82. The summed E-state index contributed by atoms with van der Waals surface area (Å²) in [5, 5.41) is 15.2. The van der Waals surface area contributed by atoms with Gasteiger partial charge in [0, 0.05) is 30.2 Å². The second-order valence-electron chi connectivity index (χ2n) is 7.80. The fourth-order valence-corrected chi connectivity index (χ4v) is 4.64. The van der Waals surface area contributed by atoms with E-state index in [-0.39, 0.29) is 5.91 Å². The first-order valence-electron chi connectivity index (χ1n) is 11.3. The topological polar surface area (TPSA) is 75.9 Å². The number of benzene rings is 3. The number of likely N-dealkylation sites (N-methyl/N-ethyl adjacent to an activating group) is 1. The van der Waals surface area contributed by atoms with Crippen molar-refractivity contribution in [1.82, 2.24) is 25.5 Å². The second kappa shape index (κ2) is 11.5. The average molecular weight is 473 g/mol. The number of tetrazole rings is 1. The standard InChI is InChI=1S/C26H28N6OS/c1-3-31(22-13-9-10-20(2)18-22)17-16-27-26(33)23-14-7-8-15-24(23)34-19-25-28-29-30-32(25)21-11-5-4-6-12-21/h4-15,18H,3,16-17,19H2,1-2H3,(H,27,33). The van der Waals surface area contributed by atoms with Gasteiger partial charge in [0.05, 0.1) is 17.0 Å². The highest BCUT2D eigenvalue weighted by atomic mass is 32.2. The van der Waals surface area contributed by atoms with Crippen LogP contribution in [-0.4, -0.2) is 45.7 Å². The first kappa shape index (κ1) is 23.5. The lowest BCUT2D eigenvalue weighted by atomic mass is 10.2. The van der Waals surface area contributed by atoms with Crippen LogP contribution in [0.3, 0.4) is 0 Å². The van der Waals surface area contributed by atoms with Crippen molar-refractivity contribution < 1.29 is 4.79 Å². The van der Waals surface area contributed by atoms with Crippen LogP contribution in [0.5, 0.6) is 0 Å². The molecule has 1 heterocycles. The second-order valence-corrected chi connectivity index (χ2v) is 8.82. The number of para-hydroxylation sites is 1. The van der Waals surface area contributed by atoms with E-state index >= 15 is 0 Å². The molecule has 174 valence electrons. The molecule has 0 saturated carbocycles. The third-order valence-electron chi connectivity index (χ3n) is 5.44. The predicted molar refractivity (Wildman–Crippen MR) is 137 cm³/mol.